The van der Waals surface area contributed by atoms with Gasteiger partial charge in [-0.2, -0.15) is 0 Å². The molecule has 0 bridgehead atoms. The maximum Gasteiger partial charge on any atom is 0.143 e. The van der Waals surface area contributed by atoms with Crippen LogP contribution in [-0.4, -0.2) is 9.97 Å². The lowest BCUT2D eigenvalue weighted by atomic mass is 9.81. The minimum absolute atomic E-state index is 0.0682. The molecular weight excluding hydrogens is 717 g/mol. The molecule has 13 rings (SSSR count). The molecule has 0 atom stereocenters. The Balaban J connectivity index is 0.868. The Morgan fingerprint density at radius 3 is 1.63 bits per heavy atom. The van der Waals surface area contributed by atoms with E-state index in [4.69, 9.17) is 14.4 Å². The van der Waals surface area contributed by atoms with E-state index < -0.39 is 0 Å². The van der Waals surface area contributed by atoms with Crippen molar-refractivity contribution in [3.8, 4) is 55.8 Å². The molecule has 0 N–H and O–H groups in total. The highest BCUT2D eigenvalue weighted by molar-refractivity contribution is 6.23. The molecule has 0 spiro atoms. The zero-order valence-corrected chi connectivity index (χ0v) is 32.7. The van der Waals surface area contributed by atoms with Gasteiger partial charge in [0.25, 0.3) is 0 Å². The second-order valence-corrected chi connectivity index (χ2v) is 16.9. The fourth-order valence-corrected chi connectivity index (χ4v) is 10.4. The predicted octanol–water partition coefficient (Wildman–Crippen LogP) is 14.7. The largest absolute Gasteiger partial charge is 0.455 e. The van der Waals surface area contributed by atoms with Gasteiger partial charge in [-0.15, -0.1) is 0 Å². The second-order valence-electron chi connectivity index (χ2n) is 16.9. The predicted molar refractivity (Wildman–Crippen MR) is 244 cm³/mol. The van der Waals surface area contributed by atoms with Crippen molar-refractivity contribution in [1.29, 1.82) is 0 Å². The van der Waals surface area contributed by atoms with Crippen molar-refractivity contribution in [2.75, 3.05) is 0 Å². The Morgan fingerprint density at radius 2 is 0.932 bits per heavy atom. The van der Waals surface area contributed by atoms with Crippen LogP contribution in [0.5, 0.6) is 0 Å². The third-order valence-corrected chi connectivity index (χ3v) is 13.3. The number of rotatable bonds is 3. The van der Waals surface area contributed by atoms with Gasteiger partial charge in [-0.1, -0.05) is 166 Å². The number of nitrogens with zero attached hydrogens (tertiary/aromatic N) is 2. The van der Waals surface area contributed by atoms with Gasteiger partial charge in [-0.25, -0.2) is 4.98 Å². The SMILES string of the molecule is CC1(C)c2ccccc2-c2ccc(-c3cccc4c3oc3c(-c5ccc6c(c5)Cc5cc(-c7cnc8c9ccccc9c9ccccc9c8n7)ccc5-6)cccc34)cc21. The first-order valence-electron chi connectivity index (χ1n) is 20.5. The second kappa shape index (κ2) is 11.8. The fraction of sp³-hybridized carbons (Fsp3) is 0.0714. The summed E-state index contributed by atoms with van der Waals surface area (Å²) in [6.07, 6.45) is 2.80. The third kappa shape index (κ3) is 4.59. The Bertz CT molecular complexity index is 3590. The first kappa shape index (κ1) is 32.7. The molecule has 9 aromatic carbocycles. The molecule has 2 aliphatic rings. The van der Waals surface area contributed by atoms with E-state index in [1.807, 2.05) is 6.20 Å². The Hall–Kier alpha value is -7.36. The summed E-state index contributed by atoms with van der Waals surface area (Å²) >= 11 is 0. The van der Waals surface area contributed by atoms with Crippen LogP contribution < -0.4 is 0 Å². The van der Waals surface area contributed by atoms with Crippen LogP contribution in [0, 0.1) is 0 Å². The van der Waals surface area contributed by atoms with E-state index in [1.165, 1.54) is 66.4 Å². The van der Waals surface area contributed by atoms with Crippen molar-refractivity contribution in [3.63, 3.8) is 0 Å². The molecule has 0 amide bonds. The van der Waals surface area contributed by atoms with Crippen molar-refractivity contribution in [1.82, 2.24) is 9.97 Å². The van der Waals surface area contributed by atoms with Gasteiger partial charge in [-0.3, -0.25) is 4.98 Å². The maximum absolute atomic E-state index is 6.97. The molecule has 3 heteroatoms. The van der Waals surface area contributed by atoms with E-state index in [2.05, 4.69) is 178 Å². The zero-order chi connectivity index (χ0) is 39.0. The average molecular weight is 753 g/mol. The summed E-state index contributed by atoms with van der Waals surface area (Å²) in [5.41, 5.74) is 20.9. The van der Waals surface area contributed by atoms with Crippen molar-refractivity contribution in [2.45, 2.75) is 25.7 Å². The molecule has 59 heavy (non-hydrogen) atoms. The normalized spacial score (nSPS) is 13.7. The summed E-state index contributed by atoms with van der Waals surface area (Å²) in [6.45, 7) is 4.68. The van der Waals surface area contributed by atoms with Crippen LogP contribution in [0.15, 0.2) is 174 Å². The Labute approximate surface area is 341 Å². The highest BCUT2D eigenvalue weighted by atomic mass is 16.3. The van der Waals surface area contributed by atoms with Crippen LogP contribution >= 0.6 is 0 Å². The standard InChI is InChI=1S/C56H36N2O/c1-56(2)49-20-8-7-13-43(49)44-26-22-33(30-50(44)56)40-17-10-19-48-47-18-9-16-39(54(47)59-55(40)48)32-21-24-37-35(27-32)29-36-28-34(23-25-38(36)37)51-31-57-52-45-14-5-3-11-41(45)42-12-4-6-15-46(42)53(52)58-51/h3-28,30-31H,29H2,1-2H3. The quantitative estimate of drug-likeness (QED) is 0.169. The highest BCUT2D eigenvalue weighted by Crippen LogP contribution is 2.50. The van der Waals surface area contributed by atoms with E-state index in [9.17, 15) is 0 Å². The average Bonchev–Trinajstić information content (AvgIpc) is 3.93. The van der Waals surface area contributed by atoms with Gasteiger partial charge >= 0.3 is 0 Å². The first-order valence-corrected chi connectivity index (χ1v) is 20.5. The molecule has 0 aliphatic heterocycles. The van der Waals surface area contributed by atoms with Gasteiger partial charge in [0.2, 0.25) is 0 Å². The van der Waals surface area contributed by atoms with E-state index >= 15 is 0 Å². The lowest BCUT2D eigenvalue weighted by Crippen LogP contribution is -2.14. The van der Waals surface area contributed by atoms with Gasteiger partial charge in [0, 0.05) is 43.7 Å². The van der Waals surface area contributed by atoms with Crippen molar-refractivity contribution < 1.29 is 4.42 Å². The van der Waals surface area contributed by atoms with Crippen LogP contribution in [0.2, 0.25) is 0 Å². The molecule has 2 heterocycles. The summed E-state index contributed by atoms with van der Waals surface area (Å²) < 4.78 is 6.97. The molecule has 2 aromatic heterocycles. The topological polar surface area (TPSA) is 38.9 Å². The van der Waals surface area contributed by atoms with Gasteiger partial charge < -0.3 is 4.42 Å². The number of fused-ring (bicyclic) bond motifs is 15. The number of hydrogen-bond donors (Lipinski definition) is 0. The summed E-state index contributed by atoms with van der Waals surface area (Å²) in [4.78, 5) is 10.3. The Kier molecular flexibility index (Phi) is 6.56. The van der Waals surface area contributed by atoms with E-state index in [-0.39, 0.29) is 5.41 Å². The summed E-state index contributed by atoms with van der Waals surface area (Å²) in [7, 11) is 0. The van der Waals surface area contributed by atoms with Gasteiger partial charge in [0.1, 0.15) is 11.2 Å². The lowest BCUT2D eigenvalue weighted by Gasteiger charge is -2.22. The van der Waals surface area contributed by atoms with Gasteiger partial charge in [0.15, 0.2) is 0 Å². The van der Waals surface area contributed by atoms with Gasteiger partial charge in [0.05, 0.1) is 22.9 Å². The van der Waals surface area contributed by atoms with E-state index in [1.54, 1.807) is 0 Å². The smallest absolute Gasteiger partial charge is 0.143 e. The monoisotopic (exact) mass is 752 g/mol. The molecule has 0 saturated heterocycles. The number of para-hydroxylation sites is 2. The molecule has 11 aromatic rings. The molecule has 2 aliphatic carbocycles. The van der Waals surface area contributed by atoms with E-state index in [0.717, 1.165) is 72.5 Å². The molecule has 3 nitrogen and oxygen atoms in total. The molecule has 276 valence electrons. The van der Waals surface area contributed by atoms with Crippen molar-refractivity contribution in [2.24, 2.45) is 0 Å². The molecule has 0 saturated carbocycles. The molecule has 0 unspecified atom stereocenters. The summed E-state index contributed by atoms with van der Waals surface area (Å²) in [6, 6.07) is 59.7. The minimum Gasteiger partial charge on any atom is -0.455 e. The molecule has 0 radical (unpaired) electrons. The van der Waals surface area contributed by atoms with Crippen molar-refractivity contribution in [3.05, 3.63) is 192 Å². The molecule has 0 fully saturated rings. The minimum atomic E-state index is -0.0682. The van der Waals surface area contributed by atoms with Crippen LogP contribution in [0.4, 0.5) is 0 Å². The van der Waals surface area contributed by atoms with E-state index in [0.29, 0.717) is 0 Å². The van der Waals surface area contributed by atoms with Crippen molar-refractivity contribution >= 4 is 54.5 Å². The number of benzene rings is 9. The van der Waals surface area contributed by atoms with Crippen LogP contribution in [0.3, 0.4) is 0 Å². The molecular formula is C56H36N2O. The van der Waals surface area contributed by atoms with Gasteiger partial charge in [-0.05, 0) is 85.0 Å². The fourth-order valence-electron chi connectivity index (χ4n) is 10.4. The van der Waals surface area contributed by atoms with Crippen LogP contribution in [0.25, 0.3) is 110 Å². The zero-order valence-electron chi connectivity index (χ0n) is 32.7. The lowest BCUT2D eigenvalue weighted by molar-refractivity contribution is 0.660. The third-order valence-electron chi connectivity index (χ3n) is 13.3. The summed E-state index contributed by atoms with van der Waals surface area (Å²) in [5.74, 6) is 0. The first-order chi connectivity index (χ1) is 29.0. The Morgan fingerprint density at radius 1 is 0.424 bits per heavy atom. The number of aromatic nitrogens is 2. The van der Waals surface area contributed by atoms with Crippen LogP contribution in [-0.2, 0) is 11.8 Å². The highest BCUT2D eigenvalue weighted by Gasteiger charge is 2.35. The number of hydrogen-bond acceptors (Lipinski definition) is 3. The number of furan rings is 1. The van der Waals surface area contributed by atoms with Crippen LogP contribution in [0.1, 0.15) is 36.1 Å². The summed E-state index contributed by atoms with van der Waals surface area (Å²) in [5, 5.41) is 6.95. The maximum atomic E-state index is 6.97.